The molecular weight excluding hydrogens is 645 g/mol. The second-order valence-electron chi connectivity index (χ2n) is 11.6. The predicted molar refractivity (Wildman–Crippen MR) is 197 cm³/mol. The van der Waals surface area contributed by atoms with Gasteiger partial charge in [-0.05, 0) is 37.1 Å². The summed E-state index contributed by atoms with van der Waals surface area (Å²) in [5, 5.41) is 37.5. The zero-order chi connectivity index (χ0) is 32.2. The second kappa shape index (κ2) is 14.3. The van der Waals surface area contributed by atoms with Crippen molar-refractivity contribution in [2.24, 2.45) is 0 Å². The van der Waals surface area contributed by atoms with Crippen LogP contribution in [0.3, 0.4) is 0 Å². The van der Waals surface area contributed by atoms with Crippen LogP contribution < -0.4 is 0 Å². The van der Waals surface area contributed by atoms with Gasteiger partial charge in [0.2, 0.25) is 0 Å². The molecule has 6 heterocycles. The smallest absolute Gasteiger partial charge is 0.131 e. The van der Waals surface area contributed by atoms with Crippen molar-refractivity contribution in [3.8, 4) is 24.3 Å². The molecule has 6 nitrogen and oxygen atoms in total. The number of hydrogen-bond donors (Lipinski definition) is 0. The molecule has 0 unspecified atom stereocenters. The topological polar surface area (TPSA) is 105 Å². The normalized spacial score (nSPS) is 11.3. The summed E-state index contributed by atoms with van der Waals surface area (Å²) >= 11 is 7.10. The fourth-order valence-electron chi connectivity index (χ4n) is 6.29. The minimum Gasteiger partial charge on any atom is -0.338 e. The van der Waals surface area contributed by atoms with E-state index in [0.717, 1.165) is 35.7 Å². The van der Waals surface area contributed by atoms with Crippen molar-refractivity contribution in [3.63, 3.8) is 0 Å². The largest absolute Gasteiger partial charge is 0.338 e. The van der Waals surface area contributed by atoms with Crippen molar-refractivity contribution in [1.82, 2.24) is 9.13 Å². The van der Waals surface area contributed by atoms with E-state index < -0.39 is 0 Å². The maximum absolute atomic E-state index is 9.38. The van der Waals surface area contributed by atoms with Gasteiger partial charge in [-0.15, -0.1) is 45.3 Å². The standard InChI is InChI=1S/C36H34N6S4/c1-3-5-7-9-11-13-41-27-17-25(15-23(19-37)20-38)43-31(27)33-29(41)35-36(45-33)30-34(46-35)32-28(42(30)14-12-10-8-6-4-2)18-26(44-32)16-24(21-39)22-40/h15-18H,3-14H2,1-2H3. The quantitative estimate of drug-likeness (QED) is 0.0844. The van der Waals surface area contributed by atoms with Gasteiger partial charge in [-0.25, -0.2) is 0 Å². The third-order valence-electron chi connectivity index (χ3n) is 8.50. The highest BCUT2D eigenvalue weighted by Gasteiger charge is 2.26. The summed E-state index contributed by atoms with van der Waals surface area (Å²) in [6.07, 6.45) is 15.5. The molecule has 0 saturated heterocycles. The Labute approximate surface area is 284 Å². The van der Waals surface area contributed by atoms with Gasteiger partial charge in [-0.2, -0.15) is 21.0 Å². The summed E-state index contributed by atoms with van der Waals surface area (Å²) in [5.41, 5.74) is 5.26. The zero-order valence-corrected chi connectivity index (χ0v) is 29.4. The van der Waals surface area contributed by atoms with E-state index in [1.807, 2.05) is 47.0 Å². The van der Waals surface area contributed by atoms with E-state index in [-0.39, 0.29) is 11.1 Å². The van der Waals surface area contributed by atoms with Crippen LogP contribution in [-0.2, 0) is 13.1 Å². The first kappa shape index (κ1) is 32.1. The summed E-state index contributed by atoms with van der Waals surface area (Å²) in [4.78, 5) is 1.88. The summed E-state index contributed by atoms with van der Waals surface area (Å²) in [6.45, 7) is 6.36. The van der Waals surface area contributed by atoms with E-state index in [9.17, 15) is 21.0 Å². The lowest BCUT2D eigenvalue weighted by atomic mass is 10.1. The summed E-state index contributed by atoms with van der Waals surface area (Å²) in [5.74, 6) is 0. The lowest BCUT2D eigenvalue weighted by molar-refractivity contribution is 0.585. The van der Waals surface area contributed by atoms with Gasteiger partial charge >= 0.3 is 0 Å². The minimum absolute atomic E-state index is 0.128. The molecule has 10 heteroatoms. The number of nitriles is 4. The molecule has 0 spiro atoms. The first-order valence-corrected chi connectivity index (χ1v) is 19.3. The monoisotopic (exact) mass is 678 g/mol. The molecule has 0 atom stereocenters. The Hall–Kier alpha value is -3.90. The lowest BCUT2D eigenvalue weighted by Gasteiger charge is -2.07. The third kappa shape index (κ3) is 5.88. The summed E-state index contributed by atoms with van der Waals surface area (Å²) in [6, 6.07) is 12.4. The lowest BCUT2D eigenvalue weighted by Crippen LogP contribution is -1.97. The number of allylic oxidation sites excluding steroid dienone is 2. The van der Waals surface area contributed by atoms with Gasteiger partial charge in [0.15, 0.2) is 0 Å². The Bertz CT molecular complexity index is 2100. The van der Waals surface area contributed by atoms with Crippen LogP contribution in [0.15, 0.2) is 23.3 Å². The van der Waals surface area contributed by atoms with E-state index >= 15 is 0 Å². The second-order valence-corrected chi connectivity index (χ2v) is 15.8. The molecule has 0 aromatic carbocycles. The molecule has 0 radical (unpaired) electrons. The van der Waals surface area contributed by atoms with Crippen molar-refractivity contribution in [2.75, 3.05) is 0 Å². The average Bonchev–Trinajstić information content (AvgIpc) is 3.89. The van der Waals surface area contributed by atoms with Crippen molar-refractivity contribution < 1.29 is 0 Å². The molecule has 0 fully saturated rings. The van der Waals surface area contributed by atoms with Crippen LogP contribution in [0.2, 0.25) is 0 Å². The van der Waals surface area contributed by atoms with E-state index in [4.69, 9.17) is 0 Å². The molecule has 0 amide bonds. The molecule has 6 rings (SSSR count). The Balaban J connectivity index is 1.54. The van der Waals surface area contributed by atoms with Gasteiger partial charge in [-0.3, -0.25) is 0 Å². The SMILES string of the molecule is CCCCCCCn1c2cc(C=C(C#N)C#N)sc2c2sc3c(sc4c5sc(C=C(C#N)C#N)cc5n(CCCCCCC)c43)c21. The van der Waals surface area contributed by atoms with Gasteiger partial charge in [0.05, 0.1) is 50.3 Å². The first-order valence-electron chi connectivity index (χ1n) is 16.0. The molecule has 0 aliphatic carbocycles. The number of unbranched alkanes of at least 4 members (excludes halogenated alkanes) is 8. The maximum atomic E-state index is 9.38. The van der Waals surface area contributed by atoms with Crippen LogP contribution >= 0.6 is 45.3 Å². The highest BCUT2D eigenvalue weighted by Crippen LogP contribution is 2.53. The van der Waals surface area contributed by atoms with Crippen LogP contribution in [0.4, 0.5) is 0 Å². The number of fused-ring (bicyclic) bond motifs is 9. The van der Waals surface area contributed by atoms with Gasteiger partial charge in [0.1, 0.15) is 35.4 Å². The Morgan fingerprint density at radius 1 is 0.543 bits per heavy atom. The van der Waals surface area contributed by atoms with Gasteiger partial charge in [-0.1, -0.05) is 65.2 Å². The number of aromatic nitrogens is 2. The maximum Gasteiger partial charge on any atom is 0.131 e. The average molecular weight is 679 g/mol. The van der Waals surface area contributed by atoms with Crippen molar-refractivity contribution >= 4 is 108 Å². The van der Waals surface area contributed by atoms with Crippen LogP contribution in [-0.4, -0.2) is 9.13 Å². The number of nitrogens with zero attached hydrogens (tertiary/aromatic N) is 6. The Morgan fingerprint density at radius 2 is 0.913 bits per heavy atom. The van der Waals surface area contributed by atoms with Gasteiger partial charge < -0.3 is 9.13 Å². The van der Waals surface area contributed by atoms with E-state index in [1.165, 1.54) is 102 Å². The summed E-state index contributed by atoms with van der Waals surface area (Å²) < 4.78 is 12.7. The minimum atomic E-state index is 0.128. The molecule has 6 aromatic rings. The van der Waals surface area contributed by atoms with Crippen LogP contribution in [0.25, 0.3) is 62.4 Å². The number of rotatable bonds is 14. The molecule has 232 valence electrons. The summed E-state index contributed by atoms with van der Waals surface area (Å²) in [7, 11) is 0. The molecule has 0 aliphatic rings. The van der Waals surface area contributed by atoms with Gasteiger partial charge in [0, 0.05) is 22.8 Å². The molecular formula is C36H34N6S4. The van der Waals surface area contributed by atoms with Crippen molar-refractivity contribution in [3.05, 3.63) is 33.0 Å². The zero-order valence-electron chi connectivity index (χ0n) is 26.1. The third-order valence-corrected chi connectivity index (χ3v) is 13.5. The number of aryl methyl sites for hydroxylation is 2. The van der Waals surface area contributed by atoms with E-state index in [2.05, 4.69) is 35.1 Å². The fourth-order valence-corrected chi connectivity index (χ4v) is 11.7. The molecule has 0 aliphatic heterocycles. The number of hydrogen-bond acceptors (Lipinski definition) is 8. The molecule has 0 N–H and O–H groups in total. The van der Waals surface area contributed by atoms with E-state index in [1.54, 1.807) is 34.8 Å². The van der Waals surface area contributed by atoms with Crippen molar-refractivity contribution in [2.45, 2.75) is 91.1 Å². The Kier molecular flexibility index (Phi) is 9.93. The fraction of sp³-hybridized carbons (Fsp3) is 0.389. The van der Waals surface area contributed by atoms with Crippen LogP contribution in [0.5, 0.6) is 0 Å². The van der Waals surface area contributed by atoms with Crippen LogP contribution in [0, 0.1) is 45.3 Å². The molecule has 46 heavy (non-hydrogen) atoms. The van der Waals surface area contributed by atoms with Crippen LogP contribution in [0.1, 0.15) is 87.8 Å². The highest BCUT2D eigenvalue weighted by molar-refractivity contribution is 7.40. The Morgan fingerprint density at radius 3 is 1.28 bits per heavy atom. The van der Waals surface area contributed by atoms with Crippen molar-refractivity contribution in [1.29, 1.82) is 21.0 Å². The van der Waals surface area contributed by atoms with Gasteiger partial charge in [0.25, 0.3) is 0 Å². The molecule has 6 aromatic heterocycles. The molecule has 0 bridgehead atoms. The number of thiophene rings is 4. The highest BCUT2D eigenvalue weighted by atomic mass is 32.1. The first-order chi connectivity index (χ1) is 22.6. The predicted octanol–water partition coefficient (Wildman–Crippen LogP) is 12.1. The van der Waals surface area contributed by atoms with E-state index in [0.29, 0.717) is 0 Å². The molecule has 0 saturated carbocycles.